The van der Waals surface area contributed by atoms with Gasteiger partial charge in [-0.3, -0.25) is 0 Å². The molecule has 1 saturated heterocycles. The van der Waals surface area contributed by atoms with Crippen LogP contribution in [0.4, 0.5) is 0 Å². The Hall–Kier alpha value is -0.120. The Kier molecular flexibility index (Phi) is 2.78. The normalized spacial score (nSPS) is 55.9. The monoisotopic (exact) mass is 264 g/mol. The highest BCUT2D eigenvalue weighted by atomic mass is 16.3. The molecule has 5 fully saturated rings. The highest BCUT2D eigenvalue weighted by Gasteiger charge is 2.54. The molecule has 19 heavy (non-hydrogen) atoms. The van der Waals surface area contributed by atoms with E-state index >= 15 is 0 Å². The van der Waals surface area contributed by atoms with Gasteiger partial charge in [-0.25, -0.2) is 0 Å². The summed E-state index contributed by atoms with van der Waals surface area (Å²) in [7, 11) is 0. The Bertz CT molecular complexity index is 348. The molecule has 5 aliphatic rings. The molecular formula is C16H28N2O. The fourth-order valence-electron chi connectivity index (χ4n) is 5.77. The molecule has 3 atom stereocenters. The van der Waals surface area contributed by atoms with Gasteiger partial charge in [-0.15, -0.1) is 0 Å². The number of rotatable bonds is 3. The van der Waals surface area contributed by atoms with Crippen molar-refractivity contribution in [2.45, 2.75) is 69.1 Å². The summed E-state index contributed by atoms with van der Waals surface area (Å²) < 4.78 is 0. The second-order valence-corrected chi connectivity index (χ2v) is 8.19. The minimum absolute atomic E-state index is 0.288. The van der Waals surface area contributed by atoms with Gasteiger partial charge < -0.3 is 15.7 Å². The van der Waals surface area contributed by atoms with Gasteiger partial charge in [-0.1, -0.05) is 0 Å². The third-order valence-corrected chi connectivity index (χ3v) is 6.43. The Balaban J connectivity index is 1.42. The first-order valence-corrected chi connectivity index (χ1v) is 8.26. The summed E-state index contributed by atoms with van der Waals surface area (Å²) in [6.45, 7) is 4.64. The number of hydrogen-bond donors (Lipinski definition) is 3. The van der Waals surface area contributed by atoms with E-state index in [1.165, 1.54) is 32.2 Å². The molecule has 2 unspecified atom stereocenters. The van der Waals surface area contributed by atoms with E-state index in [4.69, 9.17) is 0 Å². The fraction of sp³-hybridized carbons (Fsp3) is 1.00. The maximum absolute atomic E-state index is 10.6. The minimum atomic E-state index is -0.288. The highest BCUT2D eigenvalue weighted by Crippen LogP contribution is 2.55. The van der Waals surface area contributed by atoms with Crippen LogP contribution in [0, 0.1) is 17.8 Å². The lowest BCUT2D eigenvalue weighted by atomic mass is 9.52. The standard InChI is InChI=1S/C16H28N2O/c1-15(3-2-4-18-15)10-17-14-12-5-11-6-13(14)9-16(19,7-11)8-12/h11-14,17-19H,2-10H2,1H3/t11?,12?,13?,14?,15-,16?/m0/s1. The molecule has 0 aromatic rings. The summed E-state index contributed by atoms with van der Waals surface area (Å²) in [6.07, 6.45) is 8.54. The fourth-order valence-corrected chi connectivity index (χ4v) is 5.77. The Morgan fingerprint density at radius 2 is 1.95 bits per heavy atom. The lowest BCUT2D eigenvalue weighted by molar-refractivity contribution is -0.139. The van der Waals surface area contributed by atoms with Crippen LogP contribution in [-0.2, 0) is 0 Å². The van der Waals surface area contributed by atoms with Crippen LogP contribution in [0.3, 0.4) is 0 Å². The average molecular weight is 264 g/mol. The minimum Gasteiger partial charge on any atom is -0.390 e. The molecule has 1 aliphatic heterocycles. The van der Waals surface area contributed by atoms with Crippen LogP contribution in [0.15, 0.2) is 0 Å². The van der Waals surface area contributed by atoms with E-state index in [0.717, 1.165) is 43.6 Å². The maximum atomic E-state index is 10.6. The van der Waals surface area contributed by atoms with Gasteiger partial charge in [0.05, 0.1) is 5.60 Å². The maximum Gasteiger partial charge on any atom is 0.0657 e. The van der Waals surface area contributed by atoms with Crippen LogP contribution in [0.5, 0.6) is 0 Å². The summed E-state index contributed by atoms with van der Waals surface area (Å²) in [5.74, 6) is 2.29. The molecular weight excluding hydrogens is 236 g/mol. The van der Waals surface area contributed by atoms with Crippen LogP contribution in [-0.4, -0.2) is 35.4 Å². The summed E-state index contributed by atoms with van der Waals surface area (Å²) in [5, 5.41) is 18.2. The van der Waals surface area contributed by atoms with E-state index in [-0.39, 0.29) is 5.60 Å². The van der Waals surface area contributed by atoms with Gasteiger partial charge in [0.25, 0.3) is 0 Å². The topological polar surface area (TPSA) is 44.3 Å². The summed E-state index contributed by atoms with van der Waals surface area (Å²) >= 11 is 0. The second-order valence-electron chi connectivity index (χ2n) is 8.19. The molecule has 3 nitrogen and oxygen atoms in total. The molecule has 0 spiro atoms. The Labute approximate surface area is 116 Å². The zero-order valence-corrected chi connectivity index (χ0v) is 12.1. The number of aliphatic hydroxyl groups is 1. The van der Waals surface area contributed by atoms with Gasteiger partial charge in [-0.2, -0.15) is 0 Å². The summed E-state index contributed by atoms with van der Waals surface area (Å²) in [6, 6.07) is 0.677. The van der Waals surface area contributed by atoms with Crippen LogP contribution >= 0.6 is 0 Å². The van der Waals surface area contributed by atoms with Crippen molar-refractivity contribution in [1.82, 2.24) is 10.6 Å². The van der Waals surface area contributed by atoms with Crippen LogP contribution in [0.25, 0.3) is 0 Å². The lowest BCUT2D eigenvalue weighted by Gasteiger charge is -2.58. The number of nitrogens with one attached hydrogen (secondary N) is 2. The molecule has 4 aliphatic carbocycles. The molecule has 3 heteroatoms. The zero-order chi connectivity index (χ0) is 13.1. The van der Waals surface area contributed by atoms with Crippen LogP contribution < -0.4 is 10.6 Å². The highest BCUT2D eigenvalue weighted by molar-refractivity contribution is 5.08. The Morgan fingerprint density at radius 1 is 1.21 bits per heavy atom. The van der Waals surface area contributed by atoms with Crippen molar-refractivity contribution >= 4 is 0 Å². The van der Waals surface area contributed by atoms with Crippen LogP contribution in [0.2, 0.25) is 0 Å². The predicted molar refractivity (Wildman–Crippen MR) is 75.9 cm³/mol. The molecule has 1 heterocycles. The van der Waals surface area contributed by atoms with Gasteiger partial charge in [-0.05, 0) is 76.2 Å². The third-order valence-electron chi connectivity index (χ3n) is 6.43. The van der Waals surface area contributed by atoms with Crippen molar-refractivity contribution in [3.05, 3.63) is 0 Å². The first-order valence-electron chi connectivity index (χ1n) is 8.26. The largest absolute Gasteiger partial charge is 0.390 e. The van der Waals surface area contributed by atoms with E-state index in [9.17, 15) is 5.11 Å². The average Bonchev–Trinajstić information content (AvgIpc) is 2.73. The van der Waals surface area contributed by atoms with Crippen molar-refractivity contribution in [2.75, 3.05) is 13.1 Å². The summed E-state index contributed by atoms with van der Waals surface area (Å²) in [5.41, 5.74) is 0.0236. The number of hydrogen-bond acceptors (Lipinski definition) is 3. The van der Waals surface area contributed by atoms with Crippen LogP contribution in [0.1, 0.15) is 51.9 Å². The lowest BCUT2D eigenvalue weighted by Crippen LogP contribution is -2.62. The van der Waals surface area contributed by atoms with E-state index < -0.39 is 0 Å². The Morgan fingerprint density at radius 3 is 2.53 bits per heavy atom. The van der Waals surface area contributed by atoms with Crippen molar-refractivity contribution in [1.29, 1.82) is 0 Å². The third kappa shape index (κ3) is 2.14. The quantitative estimate of drug-likeness (QED) is 0.726. The smallest absolute Gasteiger partial charge is 0.0657 e. The first kappa shape index (κ1) is 12.6. The van der Waals surface area contributed by atoms with Gasteiger partial charge in [0, 0.05) is 18.1 Å². The van der Waals surface area contributed by atoms with Crippen molar-refractivity contribution in [2.24, 2.45) is 17.8 Å². The van der Waals surface area contributed by atoms with Crippen molar-refractivity contribution in [3.63, 3.8) is 0 Å². The molecule has 3 N–H and O–H groups in total. The van der Waals surface area contributed by atoms with E-state index in [1.54, 1.807) is 0 Å². The van der Waals surface area contributed by atoms with E-state index in [1.807, 2.05) is 0 Å². The summed E-state index contributed by atoms with van der Waals surface area (Å²) in [4.78, 5) is 0. The first-order chi connectivity index (χ1) is 9.05. The van der Waals surface area contributed by atoms with Crippen molar-refractivity contribution < 1.29 is 5.11 Å². The molecule has 4 saturated carbocycles. The SMILES string of the molecule is C[C@@]1(CNC2C3CC4CC2CC(O)(C4)C3)CCCN1. The predicted octanol–water partition coefficient (Wildman–Crippen LogP) is 1.66. The van der Waals surface area contributed by atoms with Crippen molar-refractivity contribution in [3.8, 4) is 0 Å². The van der Waals surface area contributed by atoms with Gasteiger partial charge in [0.1, 0.15) is 0 Å². The van der Waals surface area contributed by atoms with E-state index in [2.05, 4.69) is 17.6 Å². The molecule has 4 bridgehead atoms. The molecule has 0 aromatic heterocycles. The molecule has 0 radical (unpaired) electrons. The van der Waals surface area contributed by atoms with Gasteiger partial charge in [0.2, 0.25) is 0 Å². The molecule has 108 valence electrons. The molecule has 0 amide bonds. The zero-order valence-electron chi connectivity index (χ0n) is 12.1. The van der Waals surface area contributed by atoms with E-state index in [0.29, 0.717) is 11.6 Å². The van der Waals surface area contributed by atoms with Gasteiger partial charge in [0.15, 0.2) is 0 Å². The molecule has 0 aromatic carbocycles. The second kappa shape index (κ2) is 4.19. The molecule has 5 rings (SSSR count). The van der Waals surface area contributed by atoms with Gasteiger partial charge >= 0.3 is 0 Å².